The second-order valence-electron chi connectivity index (χ2n) is 5.50. The summed E-state index contributed by atoms with van der Waals surface area (Å²) in [6.45, 7) is 2.13. The van der Waals surface area contributed by atoms with Gasteiger partial charge in [0.25, 0.3) is 5.91 Å². The van der Waals surface area contributed by atoms with Crippen molar-refractivity contribution in [1.82, 2.24) is 4.90 Å². The summed E-state index contributed by atoms with van der Waals surface area (Å²) in [5.41, 5.74) is 1.11. The number of nitrogens with zero attached hydrogens (tertiary/aromatic N) is 1. The Labute approximate surface area is 129 Å². The molecule has 0 spiro atoms. The van der Waals surface area contributed by atoms with Crippen molar-refractivity contribution >= 4 is 21.8 Å². The fourth-order valence-electron chi connectivity index (χ4n) is 2.63. The van der Waals surface area contributed by atoms with Crippen molar-refractivity contribution in [2.45, 2.75) is 45.1 Å². The van der Waals surface area contributed by atoms with E-state index in [1.54, 1.807) is 0 Å². The Hall–Kier alpha value is -1.03. The smallest absolute Gasteiger partial charge is 0.260 e. The summed E-state index contributed by atoms with van der Waals surface area (Å²) in [7, 11) is 1.90. The number of ether oxygens (including phenoxy) is 1. The van der Waals surface area contributed by atoms with Gasteiger partial charge in [-0.05, 0) is 43.5 Å². The number of hydrogen-bond donors (Lipinski definition) is 0. The van der Waals surface area contributed by atoms with E-state index in [1.807, 2.05) is 37.1 Å². The summed E-state index contributed by atoms with van der Waals surface area (Å²) < 4.78 is 6.65. The normalized spacial score (nSPS) is 15.9. The third kappa shape index (κ3) is 3.98. The average molecular weight is 340 g/mol. The van der Waals surface area contributed by atoms with E-state index in [-0.39, 0.29) is 12.5 Å². The van der Waals surface area contributed by atoms with Gasteiger partial charge in [0.05, 0.1) is 0 Å². The summed E-state index contributed by atoms with van der Waals surface area (Å²) >= 11 is 3.45. The van der Waals surface area contributed by atoms with Gasteiger partial charge < -0.3 is 9.64 Å². The van der Waals surface area contributed by atoms with Crippen molar-refractivity contribution in [3.63, 3.8) is 0 Å². The van der Waals surface area contributed by atoms with E-state index in [9.17, 15) is 4.79 Å². The number of aryl methyl sites for hydroxylation is 1. The molecular formula is C16H22BrNO2. The highest BCUT2D eigenvalue weighted by atomic mass is 79.9. The molecule has 1 aromatic carbocycles. The predicted molar refractivity (Wildman–Crippen MR) is 84.0 cm³/mol. The van der Waals surface area contributed by atoms with Gasteiger partial charge in [-0.2, -0.15) is 0 Å². The molecule has 0 N–H and O–H groups in total. The molecule has 2 rings (SSSR count). The minimum absolute atomic E-state index is 0.0671. The fourth-order valence-corrected chi connectivity index (χ4v) is 2.87. The summed E-state index contributed by atoms with van der Waals surface area (Å²) in [6.07, 6.45) is 6.01. The van der Waals surface area contributed by atoms with Crippen LogP contribution in [-0.4, -0.2) is 30.5 Å². The van der Waals surface area contributed by atoms with E-state index in [2.05, 4.69) is 15.9 Å². The molecular weight excluding hydrogens is 318 g/mol. The van der Waals surface area contributed by atoms with E-state index in [4.69, 9.17) is 4.74 Å². The van der Waals surface area contributed by atoms with Crippen molar-refractivity contribution in [2.24, 2.45) is 0 Å². The Morgan fingerprint density at radius 2 is 2.05 bits per heavy atom. The van der Waals surface area contributed by atoms with Crippen LogP contribution in [0, 0.1) is 6.92 Å². The van der Waals surface area contributed by atoms with Crippen LogP contribution >= 0.6 is 15.9 Å². The van der Waals surface area contributed by atoms with Gasteiger partial charge in [-0.1, -0.05) is 35.2 Å². The molecule has 0 heterocycles. The lowest BCUT2D eigenvalue weighted by Crippen LogP contribution is -2.40. The SMILES string of the molecule is Cc1cc(OCC(=O)N(C)C2CCCCC2)ccc1Br. The van der Waals surface area contributed by atoms with E-state index in [0.29, 0.717) is 6.04 Å². The van der Waals surface area contributed by atoms with E-state index in [0.717, 1.165) is 28.6 Å². The summed E-state index contributed by atoms with van der Waals surface area (Å²) in [5.74, 6) is 0.813. The molecule has 0 aliphatic heterocycles. The number of carbonyl (C=O) groups excluding carboxylic acids is 1. The first-order chi connectivity index (χ1) is 9.58. The van der Waals surface area contributed by atoms with Gasteiger partial charge in [0.15, 0.2) is 6.61 Å². The average Bonchev–Trinajstić information content (AvgIpc) is 2.48. The minimum atomic E-state index is 0.0671. The molecule has 0 bridgehead atoms. The Bertz CT molecular complexity index is 470. The third-order valence-electron chi connectivity index (χ3n) is 4.01. The van der Waals surface area contributed by atoms with Gasteiger partial charge >= 0.3 is 0 Å². The van der Waals surface area contributed by atoms with E-state index >= 15 is 0 Å². The Balaban J connectivity index is 1.86. The van der Waals surface area contributed by atoms with Crippen LogP contribution in [0.3, 0.4) is 0 Å². The highest BCUT2D eigenvalue weighted by Crippen LogP contribution is 2.23. The molecule has 1 saturated carbocycles. The number of benzene rings is 1. The number of halogens is 1. The molecule has 1 amide bonds. The Kier molecular flexibility index (Phi) is 5.46. The zero-order chi connectivity index (χ0) is 14.5. The lowest BCUT2D eigenvalue weighted by Gasteiger charge is -2.31. The second-order valence-corrected chi connectivity index (χ2v) is 6.35. The maximum atomic E-state index is 12.2. The molecule has 0 atom stereocenters. The van der Waals surface area contributed by atoms with Crippen LogP contribution in [0.25, 0.3) is 0 Å². The Morgan fingerprint density at radius 3 is 2.70 bits per heavy atom. The van der Waals surface area contributed by atoms with E-state index < -0.39 is 0 Å². The van der Waals surface area contributed by atoms with Crippen LogP contribution in [-0.2, 0) is 4.79 Å². The number of rotatable bonds is 4. The zero-order valence-electron chi connectivity index (χ0n) is 12.2. The van der Waals surface area contributed by atoms with Crippen LogP contribution < -0.4 is 4.74 Å². The van der Waals surface area contributed by atoms with Gasteiger partial charge in [-0.25, -0.2) is 0 Å². The molecule has 1 aliphatic rings. The molecule has 4 heteroatoms. The number of carbonyl (C=O) groups is 1. The maximum Gasteiger partial charge on any atom is 0.260 e. The quantitative estimate of drug-likeness (QED) is 0.831. The zero-order valence-corrected chi connectivity index (χ0v) is 13.8. The summed E-state index contributed by atoms with van der Waals surface area (Å²) in [5, 5.41) is 0. The van der Waals surface area contributed by atoms with Crippen molar-refractivity contribution in [3.05, 3.63) is 28.2 Å². The molecule has 110 valence electrons. The highest BCUT2D eigenvalue weighted by molar-refractivity contribution is 9.10. The van der Waals surface area contributed by atoms with Crippen molar-refractivity contribution in [1.29, 1.82) is 0 Å². The monoisotopic (exact) mass is 339 g/mol. The lowest BCUT2D eigenvalue weighted by atomic mass is 9.94. The topological polar surface area (TPSA) is 29.5 Å². The molecule has 0 unspecified atom stereocenters. The first kappa shape index (κ1) is 15.4. The van der Waals surface area contributed by atoms with Gasteiger partial charge in [-0.15, -0.1) is 0 Å². The van der Waals surface area contributed by atoms with Gasteiger partial charge in [-0.3, -0.25) is 4.79 Å². The second kappa shape index (κ2) is 7.11. The lowest BCUT2D eigenvalue weighted by molar-refractivity contribution is -0.134. The number of likely N-dealkylation sites (N-methyl/N-ethyl adjacent to an activating group) is 1. The molecule has 0 saturated heterocycles. The van der Waals surface area contributed by atoms with Crippen LogP contribution in [0.5, 0.6) is 5.75 Å². The first-order valence-corrected chi connectivity index (χ1v) is 8.02. The van der Waals surface area contributed by atoms with Crippen LogP contribution in [0.15, 0.2) is 22.7 Å². The van der Waals surface area contributed by atoms with Crippen LogP contribution in [0.2, 0.25) is 0 Å². The summed E-state index contributed by atoms with van der Waals surface area (Å²) in [6, 6.07) is 6.16. The van der Waals surface area contributed by atoms with Gasteiger partial charge in [0.2, 0.25) is 0 Å². The number of hydrogen-bond acceptors (Lipinski definition) is 2. The van der Waals surface area contributed by atoms with Crippen LogP contribution in [0.4, 0.5) is 0 Å². The van der Waals surface area contributed by atoms with E-state index in [1.165, 1.54) is 19.3 Å². The molecule has 1 fully saturated rings. The molecule has 0 aromatic heterocycles. The van der Waals surface area contributed by atoms with Crippen molar-refractivity contribution in [3.8, 4) is 5.75 Å². The molecule has 1 aromatic rings. The molecule has 3 nitrogen and oxygen atoms in total. The van der Waals surface area contributed by atoms with Gasteiger partial charge in [0.1, 0.15) is 5.75 Å². The van der Waals surface area contributed by atoms with Crippen molar-refractivity contribution < 1.29 is 9.53 Å². The largest absolute Gasteiger partial charge is 0.484 e. The Morgan fingerprint density at radius 1 is 1.35 bits per heavy atom. The minimum Gasteiger partial charge on any atom is -0.484 e. The van der Waals surface area contributed by atoms with Crippen molar-refractivity contribution in [2.75, 3.05) is 13.7 Å². The molecule has 1 aliphatic carbocycles. The number of amides is 1. The molecule has 0 radical (unpaired) electrons. The van der Waals surface area contributed by atoms with Crippen LogP contribution in [0.1, 0.15) is 37.7 Å². The third-order valence-corrected chi connectivity index (χ3v) is 4.90. The predicted octanol–water partition coefficient (Wildman–Crippen LogP) is 3.93. The molecule has 20 heavy (non-hydrogen) atoms. The fraction of sp³-hybridized carbons (Fsp3) is 0.562. The first-order valence-electron chi connectivity index (χ1n) is 7.22. The summed E-state index contributed by atoms with van der Waals surface area (Å²) in [4.78, 5) is 14.0. The van der Waals surface area contributed by atoms with Gasteiger partial charge in [0, 0.05) is 17.6 Å². The standard InChI is InChI=1S/C16H22BrNO2/c1-12-10-14(8-9-15(12)17)20-11-16(19)18(2)13-6-4-3-5-7-13/h8-10,13H,3-7,11H2,1-2H3. The maximum absolute atomic E-state index is 12.2. The highest BCUT2D eigenvalue weighted by Gasteiger charge is 2.22.